The monoisotopic (exact) mass is 466 g/mol. The van der Waals surface area contributed by atoms with Crippen molar-refractivity contribution < 1.29 is 13.2 Å². The van der Waals surface area contributed by atoms with E-state index in [1.165, 1.54) is 7.05 Å². The summed E-state index contributed by atoms with van der Waals surface area (Å²) < 4.78 is 26.9. The summed E-state index contributed by atoms with van der Waals surface area (Å²) in [5.41, 5.74) is 0.702. The van der Waals surface area contributed by atoms with Gasteiger partial charge in [-0.2, -0.15) is 0 Å². The number of para-hydroxylation sites is 1. The van der Waals surface area contributed by atoms with Gasteiger partial charge in [-0.3, -0.25) is 4.79 Å². The van der Waals surface area contributed by atoms with E-state index in [2.05, 4.69) is 14.9 Å². The number of rotatable bonds is 6. The fourth-order valence-electron chi connectivity index (χ4n) is 3.91. The first-order chi connectivity index (χ1) is 13.0. The number of amides is 1. The molecule has 1 amide bonds. The van der Waals surface area contributed by atoms with E-state index < -0.39 is 10.0 Å². The van der Waals surface area contributed by atoms with E-state index in [-0.39, 0.29) is 35.6 Å². The minimum absolute atomic E-state index is 0. The van der Waals surface area contributed by atoms with E-state index in [4.69, 9.17) is 0 Å². The number of benzene rings is 1. The van der Waals surface area contributed by atoms with E-state index in [0.717, 1.165) is 32.4 Å². The summed E-state index contributed by atoms with van der Waals surface area (Å²) in [7, 11) is -2.08. The Hall–Kier alpha value is -1.06. The van der Waals surface area contributed by atoms with Crippen LogP contribution in [-0.2, 0) is 14.8 Å². The van der Waals surface area contributed by atoms with Gasteiger partial charge < -0.3 is 15.1 Å². The zero-order chi connectivity index (χ0) is 19.3. The van der Waals surface area contributed by atoms with Crippen LogP contribution in [-0.4, -0.2) is 65.5 Å². The highest BCUT2D eigenvalue weighted by molar-refractivity contribution is 7.89. The second-order valence-electron chi connectivity index (χ2n) is 7.28. The number of halogens is 2. The minimum Gasteiger partial charge on any atom is -0.367 e. The Balaban J connectivity index is 0.00000210. The standard InChI is InChI=1S/C19H30N4O3S.2ClH/c1-20-27(25,26)18-5-3-2-4-17(18)22-12-14-23(15-13-22)19(24)7-6-16-8-10-21-11-9-16;;/h2-5,16,20-21H,6-15H2,1H3;2*1H. The van der Waals surface area contributed by atoms with Crippen molar-refractivity contribution in [3.63, 3.8) is 0 Å². The van der Waals surface area contributed by atoms with E-state index in [0.29, 0.717) is 44.2 Å². The second kappa shape index (κ2) is 12.0. The van der Waals surface area contributed by atoms with Gasteiger partial charge >= 0.3 is 0 Å². The molecule has 0 atom stereocenters. The molecule has 0 unspecified atom stereocenters. The van der Waals surface area contributed by atoms with Crippen LogP contribution < -0.4 is 14.9 Å². The molecule has 2 saturated heterocycles. The van der Waals surface area contributed by atoms with Gasteiger partial charge in [0.1, 0.15) is 4.90 Å². The van der Waals surface area contributed by atoms with Crippen molar-refractivity contribution in [2.24, 2.45) is 5.92 Å². The lowest BCUT2D eigenvalue weighted by molar-refractivity contribution is -0.131. The van der Waals surface area contributed by atoms with Crippen LogP contribution in [0.1, 0.15) is 25.7 Å². The molecule has 0 aliphatic carbocycles. The molecule has 10 heteroatoms. The number of carbonyl (C=O) groups is 1. The first-order valence-corrected chi connectivity index (χ1v) is 11.3. The van der Waals surface area contributed by atoms with Gasteiger partial charge in [0.15, 0.2) is 0 Å². The van der Waals surface area contributed by atoms with E-state index >= 15 is 0 Å². The first-order valence-electron chi connectivity index (χ1n) is 9.77. The quantitative estimate of drug-likeness (QED) is 0.668. The molecule has 2 fully saturated rings. The fraction of sp³-hybridized carbons (Fsp3) is 0.632. The lowest BCUT2D eigenvalue weighted by Gasteiger charge is -2.37. The van der Waals surface area contributed by atoms with Gasteiger partial charge in [0, 0.05) is 32.6 Å². The molecular weight excluding hydrogens is 435 g/mol. The third-order valence-electron chi connectivity index (χ3n) is 5.62. The highest BCUT2D eigenvalue weighted by atomic mass is 35.5. The van der Waals surface area contributed by atoms with Crippen LogP contribution in [0.5, 0.6) is 0 Å². The summed E-state index contributed by atoms with van der Waals surface area (Å²) >= 11 is 0. The fourth-order valence-corrected chi connectivity index (χ4v) is 4.86. The minimum atomic E-state index is -3.51. The predicted molar refractivity (Wildman–Crippen MR) is 121 cm³/mol. The highest BCUT2D eigenvalue weighted by Gasteiger charge is 2.26. The van der Waals surface area contributed by atoms with Gasteiger partial charge in [-0.05, 0) is 57.5 Å². The zero-order valence-corrected chi connectivity index (χ0v) is 19.3. The molecule has 0 saturated carbocycles. The molecule has 7 nitrogen and oxygen atoms in total. The average Bonchev–Trinajstić information content (AvgIpc) is 2.73. The topological polar surface area (TPSA) is 81.8 Å². The Bertz CT molecular complexity index is 750. The van der Waals surface area contributed by atoms with Crippen molar-refractivity contribution in [2.75, 3.05) is 51.2 Å². The molecule has 3 rings (SSSR count). The van der Waals surface area contributed by atoms with E-state index in [1.807, 2.05) is 17.0 Å². The summed E-state index contributed by atoms with van der Waals surface area (Å²) in [4.78, 5) is 16.8. The molecule has 2 N–H and O–H groups in total. The first kappa shape index (κ1) is 26.0. The Morgan fingerprint density at radius 1 is 1.10 bits per heavy atom. The van der Waals surface area contributed by atoms with Crippen LogP contribution in [0.3, 0.4) is 0 Å². The van der Waals surface area contributed by atoms with Gasteiger partial charge in [-0.25, -0.2) is 13.1 Å². The van der Waals surface area contributed by atoms with Crippen molar-refractivity contribution in [2.45, 2.75) is 30.6 Å². The second-order valence-corrected chi connectivity index (χ2v) is 9.13. The number of nitrogens with one attached hydrogen (secondary N) is 2. The molecule has 29 heavy (non-hydrogen) atoms. The molecule has 2 aliphatic rings. The maximum Gasteiger partial charge on any atom is 0.242 e. The van der Waals surface area contributed by atoms with Crippen LogP contribution >= 0.6 is 24.8 Å². The Morgan fingerprint density at radius 3 is 2.34 bits per heavy atom. The van der Waals surface area contributed by atoms with Crippen LogP contribution in [0.15, 0.2) is 29.2 Å². The molecule has 1 aromatic carbocycles. The number of carbonyl (C=O) groups excluding carboxylic acids is 1. The van der Waals surface area contributed by atoms with Crippen molar-refractivity contribution in [1.82, 2.24) is 14.9 Å². The van der Waals surface area contributed by atoms with E-state index in [9.17, 15) is 13.2 Å². The Labute approximate surface area is 186 Å². The number of hydrogen-bond donors (Lipinski definition) is 2. The van der Waals surface area contributed by atoms with Gasteiger partial charge in [0.2, 0.25) is 15.9 Å². The van der Waals surface area contributed by atoms with Crippen molar-refractivity contribution in [3.05, 3.63) is 24.3 Å². The van der Waals surface area contributed by atoms with Gasteiger partial charge in [0.25, 0.3) is 0 Å². The number of hydrogen-bond acceptors (Lipinski definition) is 5. The van der Waals surface area contributed by atoms with Crippen LogP contribution in [0.25, 0.3) is 0 Å². The number of piperidine rings is 1. The molecule has 0 radical (unpaired) electrons. The molecule has 0 aromatic heterocycles. The third-order valence-corrected chi connectivity index (χ3v) is 7.08. The summed E-state index contributed by atoms with van der Waals surface area (Å²) in [5, 5.41) is 3.36. The smallest absolute Gasteiger partial charge is 0.242 e. The molecule has 2 aliphatic heterocycles. The molecular formula is C19H32Cl2N4O3S. The van der Waals surface area contributed by atoms with Crippen LogP contribution in [0.2, 0.25) is 0 Å². The normalized spacial score (nSPS) is 18.0. The third kappa shape index (κ3) is 6.72. The van der Waals surface area contributed by atoms with Crippen molar-refractivity contribution >= 4 is 46.4 Å². The molecule has 2 heterocycles. The lowest BCUT2D eigenvalue weighted by atomic mass is 9.93. The number of anilines is 1. The molecule has 0 spiro atoms. The van der Waals surface area contributed by atoms with Crippen molar-refractivity contribution in [1.29, 1.82) is 0 Å². The summed E-state index contributed by atoms with van der Waals surface area (Å²) in [6, 6.07) is 7.03. The van der Waals surface area contributed by atoms with Crippen molar-refractivity contribution in [3.8, 4) is 0 Å². The van der Waals surface area contributed by atoms with Crippen LogP contribution in [0.4, 0.5) is 5.69 Å². The average molecular weight is 467 g/mol. The maximum absolute atomic E-state index is 12.5. The van der Waals surface area contributed by atoms with Gasteiger partial charge in [-0.1, -0.05) is 12.1 Å². The van der Waals surface area contributed by atoms with Crippen LogP contribution in [0, 0.1) is 5.92 Å². The van der Waals surface area contributed by atoms with Gasteiger partial charge in [0.05, 0.1) is 5.69 Å². The molecule has 166 valence electrons. The number of piperazine rings is 1. The number of nitrogens with zero attached hydrogens (tertiary/aromatic N) is 2. The van der Waals surface area contributed by atoms with Gasteiger partial charge in [-0.15, -0.1) is 24.8 Å². The summed E-state index contributed by atoms with van der Waals surface area (Å²) in [6.07, 6.45) is 3.93. The Morgan fingerprint density at radius 2 is 1.72 bits per heavy atom. The zero-order valence-electron chi connectivity index (χ0n) is 16.8. The SMILES string of the molecule is CNS(=O)(=O)c1ccccc1N1CCN(C(=O)CCC2CCNCC2)CC1.Cl.Cl. The maximum atomic E-state index is 12.5. The largest absolute Gasteiger partial charge is 0.367 e. The molecule has 1 aromatic rings. The molecule has 0 bridgehead atoms. The summed E-state index contributed by atoms with van der Waals surface area (Å²) in [5.74, 6) is 0.888. The Kier molecular flexibility index (Phi) is 10.7. The predicted octanol–water partition coefficient (Wildman–Crippen LogP) is 1.87. The van der Waals surface area contributed by atoms with E-state index in [1.54, 1.807) is 12.1 Å². The lowest BCUT2D eigenvalue weighted by Crippen LogP contribution is -2.49. The highest BCUT2D eigenvalue weighted by Crippen LogP contribution is 2.26. The summed E-state index contributed by atoms with van der Waals surface area (Å²) in [6.45, 7) is 4.70. The number of sulfonamides is 1.